The fraction of sp³-hybridized carbons (Fsp3) is 0.0556. The van der Waals surface area contributed by atoms with Gasteiger partial charge in [-0.1, -0.05) is 18.2 Å². The second kappa shape index (κ2) is 6.54. The highest BCUT2D eigenvalue weighted by atomic mass is 32.1. The van der Waals surface area contributed by atoms with E-state index in [1.165, 1.54) is 23.5 Å². The van der Waals surface area contributed by atoms with Gasteiger partial charge in [-0.3, -0.25) is 9.59 Å². The van der Waals surface area contributed by atoms with Crippen LogP contribution in [0, 0.1) is 0 Å². The molecule has 5 heteroatoms. The van der Waals surface area contributed by atoms with Crippen molar-refractivity contribution in [2.75, 3.05) is 0 Å². The zero-order chi connectivity index (χ0) is 16.2. The molecule has 0 bridgehead atoms. The van der Waals surface area contributed by atoms with E-state index in [-0.39, 0.29) is 16.9 Å². The topological polar surface area (TPSA) is 60.4 Å². The van der Waals surface area contributed by atoms with E-state index >= 15 is 0 Å². The van der Waals surface area contributed by atoms with Crippen LogP contribution in [0.3, 0.4) is 0 Å². The Kier molecular flexibility index (Phi) is 4.30. The Morgan fingerprint density at radius 1 is 1.22 bits per heavy atom. The van der Waals surface area contributed by atoms with E-state index in [1.54, 1.807) is 30.4 Å². The van der Waals surface area contributed by atoms with Gasteiger partial charge in [0.25, 0.3) is 0 Å². The van der Waals surface area contributed by atoms with Gasteiger partial charge in [-0.25, -0.2) is 4.79 Å². The van der Waals surface area contributed by atoms with Crippen LogP contribution in [0.4, 0.5) is 0 Å². The number of hydrogen-bond donors (Lipinski definition) is 0. The second-order valence-corrected chi connectivity index (χ2v) is 5.69. The van der Waals surface area contributed by atoms with E-state index in [0.29, 0.717) is 11.9 Å². The van der Waals surface area contributed by atoms with Crippen molar-refractivity contribution in [1.29, 1.82) is 0 Å². The van der Waals surface area contributed by atoms with Crippen molar-refractivity contribution in [1.82, 2.24) is 0 Å². The zero-order valence-corrected chi connectivity index (χ0v) is 12.8. The monoisotopic (exact) mass is 324 g/mol. The number of ether oxygens (including phenoxy) is 1. The fourth-order valence-corrected chi connectivity index (χ4v) is 2.89. The molecule has 0 aliphatic heterocycles. The summed E-state index contributed by atoms with van der Waals surface area (Å²) in [6, 6.07) is 8.27. The molecule has 0 fully saturated rings. The third kappa shape index (κ3) is 3.19. The van der Waals surface area contributed by atoms with Gasteiger partial charge >= 0.3 is 5.97 Å². The average Bonchev–Trinajstić information content (AvgIpc) is 3.20. The van der Waals surface area contributed by atoms with Crippen molar-refractivity contribution in [3.8, 4) is 0 Å². The second-order valence-electron chi connectivity index (χ2n) is 4.91. The number of thiophene rings is 1. The van der Waals surface area contributed by atoms with E-state index in [9.17, 15) is 14.4 Å². The first-order valence-corrected chi connectivity index (χ1v) is 7.85. The number of esters is 1. The largest absolute Gasteiger partial charge is 0.449 e. The molecule has 0 radical (unpaired) electrons. The molecule has 1 aliphatic rings. The average molecular weight is 324 g/mol. The molecular formula is C18H12O4S. The van der Waals surface area contributed by atoms with E-state index in [2.05, 4.69) is 0 Å². The van der Waals surface area contributed by atoms with Crippen molar-refractivity contribution in [2.24, 2.45) is 0 Å². The Morgan fingerprint density at radius 2 is 2.04 bits per heavy atom. The molecule has 0 saturated carbocycles. The lowest BCUT2D eigenvalue weighted by Gasteiger charge is -2.13. The Balaban J connectivity index is 1.84. The summed E-state index contributed by atoms with van der Waals surface area (Å²) in [5, 5.41) is 3.81. The number of carbonyl (C=O) groups is 3. The maximum Gasteiger partial charge on any atom is 0.339 e. The van der Waals surface area contributed by atoms with Gasteiger partial charge in [0, 0.05) is 11.1 Å². The highest BCUT2D eigenvalue weighted by Gasteiger charge is 2.27. The van der Waals surface area contributed by atoms with Crippen molar-refractivity contribution < 1.29 is 19.1 Å². The molecule has 1 aliphatic carbocycles. The molecule has 1 heterocycles. The van der Waals surface area contributed by atoms with Gasteiger partial charge in [0.1, 0.15) is 6.10 Å². The van der Waals surface area contributed by atoms with Crippen LogP contribution in [0.5, 0.6) is 0 Å². The van der Waals surface area contributed by atoms with Crippen LogP contribution in [-0.4, -0.2) is 24.1 Å². The van der Waals surface area contributed by atoms with Crippen LogP contribution in [-0.2, 0) is 9.53 Å². The SMILES string of the molecule is O=Cc1ccccc1C(=O)OC1C=CC(=O)/C1=C\c1ccsc1. The molecule has 1 aromatic carbocycles. The van der Waals surface area contributed by atoms with Gasteiger partial charge in [0.2, 0.25) is 0 Å². The van der Waals surface area contributed by atoms with E-state index in [1.807, 2.05) is 16.8 Å². The molecule has 1 unspecified atom stereocenters. The molecule has 0 amide bonds. The van der Waals surface area contributed by atoms with Crippen LogP contribution in [0.15, 0.2) is 58.8 Å². The number of hydrogen-bond acceptors (Lipinski definition) is 5. The van der Waals surface area contributed by atoms with Crippen LogP contribution in [0.2, 0.25) is 0 Å². The van der Waals surface area contributed by atoms with Crippen LogP contribution >= 0.6 is 11.3 Å². The summed E-state index contributed by atoms with van der Waals surface area (Å²) in [6.45, 7) is 0. The summed E-state index contributed by atoms with van der Waals surface area (Å²) in [5.74, 6) is -0.814. The first-order chi connectivity index (χ1) is 11.2. The van der Waals surface area contributed by atoms with Crippen LogP contribution < -0.4 is 0 Å². The van der Waals surface area contributed by atoms with Gasteiger partial charge in [-0.05, 0) is 46.7 Å². The highest BCUT2D eigenvalue weighted by Crippen LogP contribution is 2.23. The predicted molar refractivity (Wildman–Crippen MR) is 87.5 cm³/mol. The molecule has 1 aromatic heterocycles. The normalized spacial score (nSPS) is 18.3. The number of aldehydes is 1. The van der Waals surface area contributed by atoms with E-state index in [0.717, 1.165) is 5.56 Å². The smallest absolute Gasteiger partial charge is 0.339 e. The van der Waals surface area contributed by atoms with Gasteiger partial charge in [0.05, 0.1) is 5.56 Å². The molecule has 3 rings (SSSR count). The lowest BCUT2D eigenvalue weighted by atomic mass is 10.1. The standard InChI is InChI=1S/C18H12O4S/c19-10-13-3-1-2-4-14(13)18(21)22-17-6-5-16(20)15(17)9-12-7-8-23-11-12/h1-11,17H/b15-9+. The van der Waals surface area contributed by atoms with Gasteiger partial charge in [-0.15, -0.1) is 0 Å². The molecule has 114 valence electrons. The minimum atomic E-state index is -0.741. The summed E-state index contributed by atoms with van der Waals surface area (Å²) < 4.78 is 5.40. The summed E-state index contributed by atoms with van der Waals surface area (Å²) in [6.07, 6.45) is 4.51. The minimum Gasteiger partial charge on any atom is -0.449 e. The van der Waals surface area contributed by atoms with Gasteiger partial charge < -0.3 is 4.74 Å². The number of carbonyl (C=O) groups excluding carboxylic acids is 3. The molecule has 0 saturated heterocycles. The van der Waals surface area contributed by atoms with Gasteiger partial charge in [-0.2, -0.15) is 11.3 Å². The molecule has 0 spiro atoms. The Hall–Kier alpha value is -2.79. The molecule has 2 aromatic rings. The molecule has 4 nitrogen and oxygen atoms in total. The van der Waals surface area contributed by atoms with Crippen molar-refractivity contribution in [3.63, 3.8) is 0 Å². The fourth-order valence-electron chi connectivity index (χ4n) is 2.27. The summed E-state index contributed by atoms with van der Waals surface area (Å²) in [5.41, 5.74) is 1.73. The highest BCUT2D eigenvalue weighted by molar-refractivity contribution is 7.08. The van der Waals surface area contributed by atoms with Crippen LogP contribution in [0.25, 0.3) is 6.08 Å². The zero-order valence-electron chi connectivity index (χ0n) is 12.0. The molecular weight excluding hydrogens is 312 g/mol. The van der Waals surface area contributed by atoms with Crippen molar-refractivity contribution in [3.05, 3.63) is 75.5 Å². The maximum atomic E-state index is 12.3. The minimum absolute atomic E-state index is 0.183. The van der Waals surface area contributed by atoms with E-state index < -0.39 is 12.1 Å². The Bertz CT molecular complexity index is 815. The Morgan fingerprint density at radius 3 is 2.78 bits per heavy atom. The van der Waals surface area contributed by atoms with E-state index in [4.69, 9.17) is 4.74 Å². The van der Waals surface area contributed by atoms with Crippen molar-refractivity contribution in [2.45, 2.75) is 6.10 Å². The first kappa shape index (κ1) is 15.1. The predicted octanol–water partition coefficient (Wildman–Crippen LogP) is 3.31. The number of benzene rings is 1. The lowest BCUT2D eigenvalue weighted by molar-refractivity contribution is -0.111. The molecule has 23 heavy (non-hydrogen) atoms. The third-order valence-corrected chi connectivity index (χ3v) is 4.12. The number of rotatable bonds is 4. The quantitative estimate of drug-likeness (QED) is 0.492. The van der Waals surface area contributed by atoms with Gasteiger partial charge in [0.15, 0.2) is 12.1 Å². The maximum absolute atomic E-state index is 12.3. The number of allylic oxidation sites excluding steroid dienone is 1. The summed E-state index contributed by atoms with van der Waals surface area (Å²) >= 11 is 1.52. The summed E-state index contributed by atoms with van der Waals surface area (Å²) in [7, 11) is 0. The summed E-state index contributed by atoms with van der Waals surface area (Å²) in [4.78, 5) is 35.2. The van der Waals surface area contributed by atoms with Crippen LogP contribution in [0.1, 0.15) is 26.3 Å². The molecule has 0 N–H and O–H groups in total. The lowest BCUT2D eigenvalue weighted by Crippen LogP contribution is -2.19. The first-order valence-electron chi connectivity index (χ1n) is 6.90. The third-order valence-electron chi connectivity index (χ3n) is 3.42. The number of ketones is 1. The van der Waals surface area contributed by atoms with Crippen molar-refractivity contribution >= 4 is 35.5 Å². The Labute approximate surface area is 136 Å². The molecule has 1 atom stereocenters.